The molecule has 1 saturated heterocycles. The molecule has 0 amide bonds. The summed E-state index contributed by atoms with van der Waals surface area (Å²) < 4.78 is 26.2. The third-order valence-electron chi connectivity index (χ3n) is 2.92. The van der Waals surface area contributed by atoms with E-state index in [9.17, 15) is 8.78 Å². The van der Waals surface area contributed by atoms with Crippen molar-refractivity contribution in [1.29, 1.82) is 0 Å². The normalized spacial score (nSPS) is 24.2. The summed E-state index contributed by atoms with van der Waals surface area (Å²) in [6, 6.07) is 4.27. The van der Waals surface area contributed by atoms with Gasteiger partial charge in [0.2, 0.25) is 0 Å². The molecule has 0 aliphatic carbocycles. The van der Waals surface area contributed by atoms with Crippen LogP contribution < -0.4 is 0 Å². The van der Waals surface area contributed by atoms with E-state index in [-0.39, 0.29) is 38.7 Å². The van der Waals surface area contributed by atoms with Gasteiger partial charge in [0.05, 0.1) is 0 Å². The van der Waals surface area contributed by atoms with Gasteiger partial charge < -0.3 is 10.4 Å². The van der Waals surface area contributed by atoms with E-state index in [2.05, 4.69) is 11.4 Å². The summed E-state index contributed by atoms with van der Waals surface area (Å²) in [4.78, 5) is 0. The van der Waals surface area contributed by atoms with Gasteiger partial charge in [0.25, 0.3) is 0 Å². The number of hydrogen-bond donors (Lipinski definition) is 1. The largest absolute Gasteiger partial charge is 0.657 e. The Labute approximate surface area is 113 Å². The maximum Gasteiger partial charge on any atom is 0.0458 e. The second kappa shape index (κ2) is 6.55. The quantitative estimate of drug-likeness (QED) is 0.738. The Morgan fingerprint density at radius 2 is 2.24 bits per heavy atom. The van der Waals surface area contributed by atoms with Gasteiger partial charge in [0, 0.05) is 38.3 Å². The molecule has 0 spiro atoms. The molecular weight excluding hydrogens is 404 g/mol. The summed E-state index contributed by atoms with van der Waals surface area (Å²) in [5.41, 5.74) is 0.305. The Hall–Kier alpha value is -0.351. The van der Waals surface area contributed by atoms with Crippen LogP contribution in [-0.4, -0.2) is 18.3 Å². The predicted octanol–water partition coefficient (Wildman–Crippen LogP) is 2.58. The number of piperidine rings is 1. The van der Waals surface area contributed by atoms with Crippen molar-refractivity contribution in [3.05, 3.63) is 40.7 Å². The van der Waals surface area contributed by atoms with E-state index < -0.39 is 11.6 Å². The average Bonchev–Trinajstić information content (AvgIpc) is 2.29. The molecule has 2 nitrogen and oxygen atoms in total. The molecule has 0 bridgehead atoms. The van der Waals surface area contributed by atoms with Crippen LogP contribution in [0.25, 0.3) is 5.32 Å². The number of halogens is 2. The molecule has 1 N–H and O–H groups in total. The first-order valence-electron chi connectivity index (χ1n) is 5.34. The first-order chi connectivity index (χ1) is 7.70. The third-order valence-corrected chi connectivity index (χ3v) is 2.92. The van der Waals surface area contributed by atoms with Crippen LogP contribution in [0, 0.1) is 23.6 Å². The van der Waals surface area contributed by atoms with Crippen molar-refractivity contribution in [3.8, 4) is 0 Å². The van der Waals surface area contributed by atoms with Gasteiger partial charge in [-0.1, -0.05) is 12.8 Å². The fourth-order valence-electron chi connectivity index (χ4n) is 2.01. The number of aliphatic hydroxyl groups is 1. The van der Waals surface area contributed by atoms with Gasteiger partial charge in [-0.2, -0.15) is 6.07 Å². The first kappa shape index (κ1) is 14.7. The topological polar surface area (TPSA) is 34.3 Å². The fourth-order valence-corrected chi connectivity index (χ4v) is 2.01. The number of nitrogens with zero attached hydrogens (tertiary/aromatic N) is 1. The van der Waals surface area contributed by atoms with Crippen molar-refractivity contribution >= 4 is 0 Å². The van der Waals surface area contributed by atoms with Crippen LogP contribution in [0.15, 0.2) is 12.1 Å². The second-order valence-corrected chi connectivity index (χ2v) is 4.07. The minimum Gasteiger partial charge on any atom is -0.657 e. The Morgan fingerprint density at radius 1 is 1.47 bits per heavy atom. The molecule has 1 fully saturated rings. The van der Waals surface area contributed by atoms with Crippen LogP contribution in [-0.2, 0) is 20.1 Å². The number of aliphatic hydroxyl groups excluding tert-OH is 1. The van der Waals surface area contributed by atoms with Gasteiger partial charge in [-0.15, -0.1) is 30.3 Å². The summed E-state index contributed by atoms with van der Waals surface area (Å²) in [5, 5.41) is 13.3. The molecule has 1 heterocycles. The van der Waals surface area contributed by atoms with Gasteiger partial charge in [-0.05, 0) is 5.92 Å². The van der Waals surface area contributed by atoms with E-state index in [0.717, 1.165) is 18.6 Å². The van der Waals surface area contributed by atoms with Gasteiger partial charge in [0.1, 0.15) is 0 Å². The maximum absolute atomic E-state index is 13.5. The molecule has 17 heavy (non-hydrogen) atoms. The summed E-state index contributed by atoms with van der Waals surface area (Å²) in [7, 11) is 0. The summed E-state index contributed by atoms with van der Waals surface area (Å²) in [6.07, 6.45) is 1.44. The number of hydrogen-bond acceptors (Lipinski definition) is 1. The minimum absolute atomic E-state index is 0. The first-order valence-corrected chi connectivity index (χ1v) is 5.34. The molecule has 97 valence electrons. The smallest absolute Gasteiger partial charge is 0.0458 e. The molecule has 2 atom stereocenters. The molecule has 1 radical (unpaired) electrons. The molecule has 2 rings (SSSR count). The SMILES string of the molecule is OCC1CC[N-]C(c2[c-]cc(F)cc2F)C1.[Ir]. The summed E-state index contributed by atoms with van der Waals surface area (Å²) >= 11 is 0. The third kappa shape index (κ3) is 3.55. The van der Waals surface area contributed by atoms with Crippen molar-refractivity contribution in [2.24, 2.45) is 5.92 Å². The molecule has 5 heteroatoms. The Bertz CT molecular complexity index is 376. The van der Waals surface area contributed by atoms with Crippen LogP contribution in [0.5, 0.6) is 0 Å². The molecule has 1 aliphatic heterocycles. The number of benzene rings is 1. The second-order valence-electron chi connectivity index (χ2n) is 4.07. The Kier molecular flexibility index (Phi) is 5.66. The predicted molar refractivity (Wildman–Crippen MR) is 56.0 cm³/mol. The Balaban J connectivity index is 0.00000144. The number of rotatable bonds is 2. The van der Waals surface area contributed by atoms with Crippen LogP contribution in [0.2, 0.25) is 0 Å². The van der Waals surface area contributed by atoms with Gasteiger partial charge in [0.15, 0.2) is 0 Å². The van der Waals surface area contributed by atoms with Crippen molar-refractivity contribution in [2.75, 3.05) is 13.2 Å². The fraction of sp³-hybridized carbons (Fsp3) is 0.500. The monoisotopic (exact) mass is 418 g/mol. The van der Waals surface area contributed by atoms with E-state index in [1.165, 1.54) is 0 Å². The standard InChI is InChI=1S/C12H13F2NO.Ir/c13-9-1-2-10(11(14)6-9)12-5-8(7-16)3-4-15-12;/h1,6,8,12,16H,3-5,7H2;/q-2;. The summed E-state index contributed by atoms with van der Waals surface area (Å²) in [5.74, 6) is -1.08. The van der Waals surface area contributed by atoms with Gasteiger partial charge in [-0.3, -0.25) is 8.78 Å². The van der Waals surface area contributed by atoms with E-state index in [0.29, 0.717) is 18.5 Å². The molecule has 0 saturated carbocycles. The van der Waals surface area contributed by atoms with Crippen molar-refractivity contribution < 1.29 is 34.0 Å². The van der Waals surface area contributed by atoms with Crippen molar-refractivity contribution in [3.63, 3.8) is 0 Å². The molecule has 1 aromatic rings. The molecule has 2 unspecified atom stereocenters. The molecule has 1 aromatic carbocycles. The zero-order valence-electron chi connectivity index (χ0n) is 9.12. The molecule has 1 aliphatic rings. The van der Waals surface area contributed by atoms with E-state index in [1.54, 1.807) is 0 Å². The van der Waals surface area contributed by atoms with Crippen LogP contribution >= 0.6 is 0 Å². The van der Waals surface area contributed by atoms with Crippen molar-refractivity contribution in [2.45, 2.75) is 18.9 Å². The summed E-state index contributed by atoms with van der Waals surface area (Å²) in [6.45, 7) is 0.704. The molecular formula is C12H13F2IrNO-2. The van der Waals surface area contributed by atoms with Gasteiger partial charge >= 0.3 is 0 Å². The van der Waals surface area contributed by atoms with E-state index >= 15 is 0 Å². The van der Waals surface area contributed by atoms with Crippen molar-refractivity contribution in [1.82, 2.24) is 0 Å². The van der Waals surface area contributed by atoms with Crippen LogP contribution in [0.3, 0.4) is 0 Å². The van der Waals surface area contributed by atoms with E-state index in [1.807, 2.05) is 0 Å². The molecule has 0 aromatic heterocycles. The maximum atomic E-state index is 13.5. The zero-order chi connectivity index (χ0) is 11.5. The van der Waals surface area contributed by atoms with E-state index in [4.69, 9.17) is 5.11 Å². The minimum atomic E-state index is -0.629. The van der Waals surface area contributed by atoms with Crippen LogP contribution in [0.1, 0.15) is 24.4 Å². The average molecular weight is 417 g/mol. The van der Waals surface area contributed by atoms with Gasteiger partial charge in [-0.25, -0.2) is 0 Å². The zero-order valence-corrected chi connectivity index (χ0v) is 11.5. The Morgan fingerprint density at radius 3 is 2.88 bits per heavy atom. The van der Waals surface area contributed by atoms with Crippen LogP contribution in [0.4, 0.5) is 8.78 Å².